The van der Waals surface area contributed by atoms with Crippen molar-refractivity contribution >= 4 is 23.3 Å². The number of benzene rings is 1. The number of amides is 2. The Morgan fingerprint density at radius 2 is 1.79 bits per heavy atom. The van der Waals surface area contributed by atoms with Crippen LogP contribution in [-0.4, -0.2) is 38.1 Å². The zero-order chi connectivity index (χ0) is 23.8. The molecule has 1 aromatic carbocycles. The molecule has 33 heavy (non-hydrogen) atoms. The van der Waals surface area contributed by atoms with E-state index in [1.807, 2.05) is 51.1 Å². The number of rotatable bonds is 8. The number of carbonyl (C=O) groups excluding carboxylic acids is 2. The second kappa shape index (κ2) is 10.5. The van der Waals surface area contributed by atoms with Gasteiger partial charge in [0.1, 0.15) is 5.82 Å². The topological polar surface area (TPSA) is 117 Å². The molecule has 0 atom stereocenters. The first-order valence-corrected chi connectivity index (χ1v) is 10.7. The van der Waals surface area contributed by atoms with E-state index in [9.17, 15) is 9.59 Å². The number of carbonyl (C=O) groups is 2. The lowest BCUT2D eigenvalue weighted by atomic mass is 9.92. The Bertz CT molecular complexity index is 1130. The molecule has 170 valence electrons. The van der Waals surface area contributed by atoms with Crippen LogP contribution < -0.4 is 10.2 Å². The number of anilines is 2. The molecule has 9 nitrogen and oxygen atoms in total. The summed E-state index contributed by atoms with van der Waals surface area (Å²) in [6, 6.07) is 14.7. The summed E-state index contributed by atoms with van der Waals surface area (Å²) in [5.74, 6) is 0.232. The Balaban J connectivity index is 1.72. The molecule has 2 amide bonds. The van der Waals surface area contributed by atoms with Crippen molar-refractivity contribution in [3.8, 4) is 12.0 Å². The first-order valence-electron chi connectivity index (χ1n) is 10.7. The van der Waals surface area contributed by atoms with Gasteiger partial charge in [-0.15, -0.1) is 0 Å². The smallest absolute Gasteiger partial charge is 0.252 e. The van der Waals surface area contributed by atoms with Crippen LogP contribution in [0.3, 0.4) is 0 Å². The summed E-state index contributed by atoms with van der Waals surface area (Å²) in [6.45, 7) is 6.34. The zero-order valence-electron chi connectivity index (χ0n) is 19.0. The van der Waals surface area contributed by atoms with Gasteiger partial charge in [0.25, 0.3) is 5.95 Å². The monoisotopic (exact) mass is 445 g/mol. The molecule has 0 aliphatic carbocycles. The van der Waals surface area contributed by atoms with Crippen LogP contribution >= 0.6 is 0 Å². The summed E-state index contributed by atoms with van der Waals surface area (Å²) in [4.78, 5) is 35.5. The normalized spacial score (nSPS) is 11.0. The third kappa shape index (κ3) is 6.23. The van der Waals surface area contributed by atoms with Gasteiger partial charge in [0.05, 0.1) is 18.2 Å². The predicted octanol–water partition coefficient (Wildman–Crippen LogP) is 3.63. The van der Waals surface area contributed by atoms with Gasteiger partial charge in [0.2, 0.25) is 11.8 Å². The van der Waals surface area contributed by atoms with Crippen LogP contribution in [0.5, 0.6) is 0 Å². The van der Waals surface area contributed by atoms with Crippen molar-refractivity contribution < 1.29 is 9.59 Å². The first-order chi connectivity index (χ1) is 15.8. The number of nitrogens with zero attached hydrogens (tertiary/aromatic N) is 6. The molecular formula is C24H27N7O2. The Morgan fingerprint density at radius 1 is 1.09 bits per heavy atom. The molecule has 0 aliphatic heterocycles. The molecule has 0 saturated carbocycles. The Labute approximate surface area is 193 Å². The van der Waals surface area contributed by atoms with E-state index < -0.39 is 0 Å². The summed E-state index contributed by atoms with van der Waals surface area (Å²) < 4.78 is 1.49. The van der Waals surface area contributed by atoms with Crippen molar-refractivity contribution in [1.82, 2.24) is 19.7 Å². The molecule has 1 N–H and O–H groups in total. The Hall–Kier alpha value is -4.06. The van der Waals surface area contributed by atoms with Crippen LogP contribution in [0.15, 0.2) is 54.9 Å². The molecule has 9 heteroatoms. The van der Waals surface area contributed by atoms with E-state index in [0.717, 1.165) is 5.69 Å². The van der Waals surface area contributed by atoms with E-state index in [4.69, 9.17) is 5.26 Å². The number of hydrogen-bond acceptors (Lipinski definition) is 6. The van der Waals surface area contributed by atoms with E-state index in [-0.39, 0.29) is 43.0 Å². The minimum absolute atomic E-state index is 0.00819. The summed E-state index contributed by atoms with van der Waals surface area (Å²) in [7, 11) is 0. The highest BCUT2D eigenvalue weighted by Gasteiger charge is 2.23. The number of para-hydroxylation sites is 1. The van der Waals surface area contributed by atoms with Crippen molar-refractivity contribution in [3.05, 3.63) is 60.6 Å². The number of nitrogens with one attached hydrogen (secondary N) is 1. The fourth-order valence-corrected chi connectivity index (χ4v) is 3.12. The van der Waals surface area contributed by atoms with Gasteiger partial charge in [0.15, 0.2) is 0 Å². The quantitative estimate of drug-likeness (QED) is 0.566. The standard InChI is InChI=1S/C24H27N7O2/c1-24(2,3)19-17-20(31(29-19)23-26-14-8-15-27-23)28-21(32)11-12-22(33)30(16-7-13-25)18-9-5-4-6-10-18/h4-6,8-10,14-15,17H,7,11-12,16H2,1-3H3,(H,28,32). The molecule has 2 aromatic heterocycles. The number of aromatic nitrogens is 4. The third-order valence-corrected chi connectivity index (χ3v) is 4.87. The van der Waals surface area contributed by atoms with Crippen molar-refractivity contribution in [1.29, 1.82) is 5.26 Å². The predicted molar refractivity (Wildman–Crippen MR) is 125 cm³/mol. The van der Waals surface area contributed by atoms with E-state index >= 15 is 0 Å². The zero-order valence-corrected chi connectivity index (χ0v) is 19.0. The van der Waals surface area contributed by atoms with Gasteiger partial charge < -0.3 is 10.2 Å². The lowest BCUT2D eigenvalue weighted by molar-refractivity contribution is -0.122. The lowest BCUT2D eigenvalue weighted by Gasteiger charge is -2.21. The van der Waals surface area contributed by atoms with Gasteiger partial charge in [-0.2, -0.15) is 15.0 Å². The van der Waals surface area contributed by atoms with Crippen molar-refractivity contribution in [2.24, 2.45) is 0 Å². The highest BCUT2D eigenvalue weighted by molar-refractivity contribution is 5.98. The van der Waals surface area contributed by atoms with Crippen LogP contribution in [0, 0.1) is 11.3 Å². The van der Waals surface area contributed by atoms with Crippen LogP contribution in [0.25, 0.3) is 5.95 Å². The van der Waals surface area contributed by atoms with Gasteiger partial charge in [-0.3, -0.25) is 9.59 Å². The van der Waals surface area contributed by atoms with Gasteiger partial charge in [-0.1, -0.05) is 39.0 Å². The molecule has 3 rings (SSSR count). The lowest BCUT2D eigenvalue weighted by Crippen LogP contribution is -2.32. The van der Waals surface area contributed by atoms with Crippen molar-refractivity contribution in [3.63, 3.8) is 0 Å². The van der Waals surface area contributed by atoms with E-state index in [1.54, 1.807) is 24.5 Å². The van der Waals surface area contributed by atoms with Gasteiger partial charge in [-0.05, 0) is 18.2 Å². The van der Waals surface area contributed by atoms with E-state index in [0.29, 0.717) is 17.5 Å². The van der Waals surface area contributed by atoms with E-state index in [1.165, 1.54) is 9.58 Å². The Kier molecular flexibility index (Phi) is 7.51. The molecular weight excluding hydrogens is 418 g/mol. The molecule has 0 saturated heterocycles. The summed E-state index contributed by atoms with van der Waals surface area (Å²) in [6.07, 6.45) is 3.40. The van der Waals surface area contributed by atoms with Gasteiger partial charge in [0, 0.05) is 48.9 Å². The van der Waals surface area contributed by atoms with Crippen molar-refractivity contribution in [2.45, 2.75) is 45.4 Å². The Morgan fingerprint density at radius 3 is 2.42 bits per heavy atom. The fourth-order valence-electron chi connectivity index (χ4n) is 3.12. The first kappa shape index (κ1) is 23.6. The van der Waals surface area contributed by atoms with E-state index in [2.05, 4.69) is 26.5 Å². The van der Waals surface area contributed by atoms with Gasteiger partial charge in [-0.25, -0.2) is 9.97 Å². The minimum atomic E-state index is -0.325. The average Bonchev–Trinajstić information content (AvgIpc) is 3.23. The molecule has 3 aromatic rings. The molecule has 0 bridgehead atoms. The maximum Gasteiger partial charge on any atom is 0.252 e. The summed E-state index contributed by atoms with van der Waals surface area (Å²) >= 11 is 0. The molecule has 2 heterocycles. The number of hydrogen-bond donors (Lipinski definition) is 1. The number of nitriles is 1. The molecule has 0 aliphatic rings. The average molecular weight is 446 g/mol. The van der Waals surface area contributed by atoms with Crippen molar-refractivity contribution in [2.75, 3.05) is 16.8 Å². The minimum Gasteiger partial charge on any atom is -0.311 e. The summed E-state index contributed by atoms with van der Waals surface area (Å²) in [5, 5.41) is 16.3. The highest BCUT2D eigenvalue weighted by atomic mass is 16.2. The van der Waals surface area contributed by atoms with Crippen LogP contribution in [0.1, 0.15) is 45.7 Å². The largest absolute Gasteiger partial charge is 0.311 e. The molecule has 0 spiro atoms. The third-order valence-electron chi connectivity index (χ3n) is 4.87. The van der Waals surface area contributed by atoms with Crippen LogP contribution in [0.4, 0.5) is 11.5 Å². The fraction of sp³-hybridized carbons (Fsp3) is 0.333. The maximum absolute atomic E-state index is 12.8. The highest BCUT2D eigenvalue weighted by Crippen LogP contribution is 2.25. The molecule has 0 unspecified atom stereocenters. The second-order valence-corrected chi connectivity index (χ2v) is 8.46. The molecule has 0 radical (unpaired) electrons. The SMILES string of the molecule is CC(C)(C)c1cc(NC(=O)CCC(=O)N(CCC#N)c2ccccc2)n(-c2ncccn2)n1. The van der Waals surface area contributed by atoms with Crippen LogP contribution in [-0.2, 0) is 15.0 Å². The second-order valence-electron chi connectivity index (χ2n) is 8.46. The maximum atomic E-state index is 12.8. The molecule has 0 fully saturated rings. The van der Waals surface area contributed by atoms with Gasteiger partial charge >= 0.3 is 0 Å². The van der Waals surface area contributed by atoms with Crippen LogP contribution in [0.2, 0.25) is 0 Å². The summed E-state index contributed by atoms with van der Waals surface area (Å²) in [5.41, 5.74) is 1.23.